The van der Waals surface area contributed by atoms with Crippen molar-refractivity contribution < 1.29 is 27.5 Å². The van der Waals surface area contributed by atoms with E-state index in [1.807, 2.05) is 38.1 Å². The Morgan fingerprint density at radius 1 is 1.05 bits per heavy atom. The van der Waals surface area contributed by atoms with Gasteiger partial charge >= 0.3 is 0 Å². The molecule has 1 aliphatic carbocycles. The van der Waals surface area contributed by atoms with Gasteiger partial charge < -0.3 is 19.7 Å². The SMILES string of the molecule is CC[C@H](C(=O)NC1CCCC1)N(Cc1ccc(C)cc1)C(=O)CN(c1cc(OC)ccc1OC)S(C)(=O)=O. The van der Waals surface area contributed by atoms with Crippen LogP contribution >= 0.6 is 0 Å². The number of nitrogens with zero attached hydrogens (tertiary/aromatic N) is 2. The van der Waals surface area contributed by atoms with Gasteiger partial charge in [0.15, 0.2) is 0 Å². The molecular formula is C28H39N3O6S. The van der Waals surface area contributed by atoms with E-state index < -0.39 is 28.5 Å². The molecule has 9 nitrogen and oxygen atoms in total. The average molecular weight is 546 g/mol. The van der Waals surface area contributed by atoms with Crippen molar-refractivity contribution in [3.8, 4) is 11.5 Å². The molecule has 0 saturated heterocycles. The second-order valence-corrected chi connectivity index (χ2v) is 11.6. The van der Waals surface area contributed by atoms with Gasteiger partial charge in [0.1, 0.15) is 24.1 Å². The van der Waals surface area contributed by atoms with E-state index in [1.165, 1.54) is 25.2 Å². The molecule has 2 amide bonds. The summed E-state index contributed by atoms with van der Waals surface area (Å²) in [5, 5.41) is 3.11. The normalized spacial score (nSPS) is 14.6. The molecule has 2 aromatic carbocycles. The highest BCUT2D eigenvalue weighted by molar-refractivity contribution is 7.92. The minimum atomic E-state index is -3.90. The monoisotopic (exact) mass is 545 g/mol. The first-order chi connectivity index (χ1) is 18.1. The molecule has 10 heteroatoms. The number of ether oxygens (including phenoxy) is 2. The van der Waals surface area contributed by atoms with Gasteiger partial charge in [0.25, 0.3) is 0 Å². The van der Waals surface area contributed by atoms with Crippen LogP contribution in [0.25, 0.3) is 0 Å². The Bertz CT molecular complexity index is 1210. The molecule has 0 radical (unpaired) electrons. The van der Waals surface area contributed by atoms with Crippen LogP contribution in [0.2, 0.25) is 0 Å². The van der Waals surface area contributed by atoms with Crippen molar-refractivity contribution in [2.45, 2.75) is 64.6 Å². The van der Waals surface area contributed by atoms with Crippen LogP contribution in [0.1, 0.15) is 50.2 Å². The summed E-state index contributed by atoms with van der Waals surface area (Å²) in [5.41, 5.74) is 2.10. The first kappa shape index (κ1) is 29.3. The molecule has 208 valence electrons. The molecule has 0 bridgehead atoms. The predicted molar refractivity (Wildman–Crippen MR) is 148 cm³/mol. The van der Waals surface area contributed by atoms with Crippen molar-refractivity contribution in [3.05, 3.63) is 53.6 Å². The van der Waals surface area contributed by atoms with Crippen LogP contribution < -0.4 is 19.1 Å². The molecule has 1 N–H and O–H groups in total. The lowest BCUT2D eigenvalue weighted by Gasteiger charge is -2.33. The second-order valence-electron chi connectivity index (χ2n) is 9.73. The predicted octanol–water partition coefficient (Wildman–Crippen LogP) is 3.64. The maximum Gasteiger partial charge on any atom is 0.244 e. The quantitative estimate of drug-likeness (QED) is 0.437. The highest BCUT2D eigenvalue weighted by atomic mass is 32.2. The number of carbonyl (C=O) groups is 2. The van der Waals surface area contributed by atoms with Crippen LogP contribution in [0.15, 0.2) is 42.5 Å². The Morgan fingerprint density at radius 3 is 2.26 bits per heavy atom. The van der Waals surface area contributed by atoms with Gasteiger partial charge in [-0.2, -0.15) is 0 Å². The van der Waals surface area contributed by atoms with Crippen LogP contribution in [0.3, 0.4) is 0 Å². The number of anilines is 1. The third-order valence-corrected chi connectivity index (χ3v) is 8.02. The second kappa shape index (κ2) is 13.0. The molecular weight excluding hydrogens is 506 g/mol. The number of rotatable bonds is 12. The summed E-state index contributed by atoms with van der Waals surface area (Å²) in [6.07, 6.45) is 5.40. The molecule has 0 aromatic heterocycles. The summed E-state index contributed by atoms with van der Waals surface area (Å²) >= 11 is 0. The van der Waals surface area contributed by atoms with Crippen molar-refractivity contribution in [3.63, 3.8) is 0 Å². The summed E-state index contributed by atoms with van der Waals surface area (Å²) in [6.45, 7) is 3.50. The van der Waals surface area contributed by atoms with Crippen molar-refractivity contribution in [2.75, 3.05) is 31.3 Å². The fourth-order valence-corrected chi connectivity index (χ4v) is 5.61. The fourth-order valence-electron chi connectivity index (χ4n) is 4.76. The molecule has 3 rings (SSSR count). The highest BCUT2D eigenvalue weighted by Crippen LogP contribution is 2.34. The minimum absolute atomic E-state index is 0.0986. The summed E-state index contributed by atoms with van der Waals surface area (Å²) in [4.78, 5) is 28.8. The van der Waals surface area contributed by atoms with Crippen LogP contribution in [-0.4, -0.2) is 64.2 Å². The van der Waals surface area contributed by atoms with Crippen molar-refractivity contribution >= 4 is 27.5 Å². The zero-order valence-electron chi connectivity index (χ0n) is 22.9. The average Bonchev–Trinajstić information content (AvgIpc) is 3.40. The number of methoxy groups -OCH3 is 2. The molecule has 1 saturated carbocycles. The van der Waals surface area contributed by atoms with E-state index in [0.717, 1.165) is 47.4 Å². The van der Waals surface area contributed by atoms with E-state index in [1.54, 1.807) is 12.1 Å². The summed E-state index contributed by atoms with van der Waals surface area (Å²) < 4.78 is 37.6. The molecule has 0 heterocycles. The van der Waals surface area contributed by atoms with Crippen LogP contribution in [0.5, 0.6) is 11.5 Å². The number of hydrogen-bond donors (Lipinski definition) is 1. The molecule has 1 atom stereocenters. The number of carbonyl (C=O) groups excluding carboxylic acids is 2. The Balaban J connectivity index is 1.97. The van der Waals surface area contributed by atoms with Crippen molar-refractivity contribution in [1.82, 2.24) is 10.2 Å². The topological polar surface area (TPSA) is 105 Å². The number of amides is 2. The minimum Gasteiger partial charge on any atom is -0.497 e. The van der Waals surface area contributed by atoms with Crippen molar-refractivity contribution in [1.29, 1.82) is 0 Å². The number of hydrogen-bond acceptors (Lipinski definition) is 6. The van der Waals surface area contributed by atoms with Gasteiger partial charge in [-0.25, -0.2) is 8.42 Å². The van der Waals surface area contributed by atoms with Gasteiger partial charge in [0, 0.05) is 18.7 Å². The van der Waals surface area contributed by atoms with E-state index in [0.29, 0.717) is 12.2 Å². The number of sulfonamides is 1. The van der Waals surface area contributed by atoms with E-state index in [4.69, 9.17) is 9.47 Å². The standard InChI is InChI=1S/C28H39N3O6S/c1-6-24(28(33)29-22-9-7-8-10-22)30(18-21-13-11-20(2)12-14-21)27(32)19-31(38(5,34)35)25-17-23(36-3)15-16-26(25)37-4/h11-17,22,24H,6-10,18-19H2,1-5H3,(H,29,33)/t24-/m1/s1. The fraction of sp³-hybridized carbons (Fsp3) is 0.500. The molecule has 1 fully saturated rings. The van der Waals surface area contributed by atoms with Crippen LogP contribution in [-0.2, 0) is 26.2 Å². The van der Waals surface area contributed by atoms with E-state index >= 15 is 0 Å². The molecule has 0 aliphatic heterocycles. The van der Waals surface area contributed by atoms with Crippen molar-refractivity contribution in [2.24, 2.45) is 0 Å². The molecule has 0 unspecified atom stereocenters. The van der Waals surface area contributed by atoms with Gasteiger partial charge in [0.2, 0.25) is 21.8 Å². The zero-order chi connectivity index (χ0) is 27.9. The maximum atomic E-state index is 13.9. The lowest BCUT2D eigenvalue weighted by molar-refractivity contribution is -0.140. The van der Waals surface area contributed by atoms with Gasteiger partial charge in [0.05, 0.1) is 26.2 Å². The van der Waals surface area contributed by atoms with Crippen LogP contribution in [0.4, 0.5) is 5.69 Å². The summed E-state index contributed by atoms with van der Waals surface area (Å²) in [7, 11) is -1.00. The molecule has 2 aromatic rings. The van der Waals surface area contributed by atoms with Gasteiger partial charge in [-0.05, 0) is 43.9 Å². The zero-order valence-corrected chi connectivity index (χ0v) is 23.7. The highest BCUT2D eigenvalue weighted by Gasteiger charge is 2.33. The molecule has 38 heavy (non-hydrogen) atoms. The Hall–Kier alpha value is -3.27. The first-order valence-electron chi connectivity index (χ1n) is 12.9. The number of aryl methyl sites for hydroxylation is 1. The van der Waals surface area contributed by atoms with Crippen LogP contribution in [0, 0.1) is 6.92 Å². The Labute approximate surface area is 226 Å². The number of nitrogens with one attached hydrogen (secondary N) is 1. The maximum absolute atomic E-state index is 13.9. The Kier molecular flexibility index (Phi) is 10.0. The smallest absolute Gasteiger partial charge is 0.244 e. The van der Waals surface area contributed by atoms with Gasteiger partial charge in [-0.15, -0.1) is 0 Å². The lowest BCUT2D eigenvalue weighted by atomic mass is 10.1. The third-order valence-electron chi connectivity index (χ3n) is 6.89. The molecule has 0 spiro atoms. The first-order valence-corrected chi connectivity index (χ1v) is 14.8. The molecule has 1 aliphatic rings. The van der Waals surface area contributed by atoms with E-state index in [2.05, 4.69) is 5.32 Å². The Morgan fingerprint density at radius 2 is 1.71 bits per heavy atom. The summed E-state index contributed by atoms with van der Waals surface area (Å²) in [5.74, 6) is -0.0139. The third kappa shape index (κ3) is 7.40. The lowest BCUT2D eigenvalue weighted by Crippen LogP contribution is -2.53. The van der Waals surface area contributed by atoms with E-state index in [9.17, 15) is 18.0 Å². The van der Waals surface area contributed by atoms with Gasteiger partial charge in [-0.1, -0.05) is 49.6 Å². The van der Waals surface area contributed by atoms with E-state index in [-0.39, 0.29) is 29.9 Å². The number of benzene rings is 2. The van der Waals surface area contributed by atoms with Gasteiger partial charge in [-0.3, -0.25) is 13.9 Å². The largest absolute Gasteiger partial charge is 0.497 e. The summed E-state index contributed by atoms with van der Waals surface area (Å²) in [6, 6.07) is 11.8.